The fraction of sp³-hybridized carbons (Fsp3) is 0.318. The van der Waals surface area contributed by atoms with Crippen LogP contribution in [-0.4, -0.2) is 66.3 Å². The molecular weight excluding hydrogens is 399 g/mol. The number of piperazine rings is 1. The van der Waals surface area contributed by atoms with Gasteiger partial charge >= 0.3 is 0 Å². The van der Waals surface area contributed by atoms with Crippen LogP contribution in [0.1, 0.15) is 0 Å². The standard InChI is InChI=1S/C22H23FN6O2/c1-28-6-8-29(9-7-28)16-3-5-20(24-13-16)26-22-25-14-17(23)21(27-22)15-2-4-18-19(12-15)31-11-10-30-18/h2-5,12-14H,6-11H2,1H3,(H,24,25,26,27). The zero-order chi connectivity index (χ0) is 21.2. The fourth-order valence-corrected chi connectivity index (χ4v) is 3.65. The maximum atomic E-state index is 14.5. The van der Waals surface area contributed by atoms with E-state index in [-0.39, 0.29) is 11.6 Å². The molecule has 0 bridgehead atoms. The number of anilines is 3. The molecule has 5 rings (SSSR count). The molecule has 0 amide bonds. The van der Waals surface area contributed by atoms with Crippen molar-refractivity contribution in [3.8, 4) is 22.8 Å². The molecule has 9 heteroatoms. The lowest BCUT2D eigenvalue weighted by Gasteiger charge is -2.33. The number of fused-ring (bicyclic) bond motifs is 1. The Balaban J connectivity index is 1.33. The second-order valence-corrected chi connectivity index (χ2v) is 7.57. The highest BCUT2D eigenvalue weighted by molar-refractivity contribution is 5.66. The first-order valence-electron chi connectivity index (χ1n) is 10.2. The Morgan fingerprint density at radius 1 is 0.935 bits per heavy atom. The van der Waals surface area contributed by atoms with E-state index in [0.29, 0.717) is 36.1 Å². The first kappa shape index (κ1) is 19.5. The number of ether oxygens (including phenoxy) is 2. The summed E-state index contributed by atoms with van der Waals surface area (Å²) in [5.41, 5.74) is 1.85. The Kier molecular flexibility index (Phi) is 5.25. The molecule has 0 saturated carbocycles. The van der Waals surface area contributed by atoms with Crippen molar-refractivity contribution in [2.45, 2.75) is 0 Å². The number of halogens is 1. The normalized spacial score (nSPS) is 16.3. The van der Waals surface area contributed by atoms with Gasteiger partial charge in [-0.2, -0.15) is 0 Å². The zero-order valence-electron chi connectivity index (χ0n) is 17.2. The number of likely N-dealkylation sites (N-methyl/N-ethyl adjacent to an activating group) is 1. The van der Waals surface area contributed by atoms with E-state index in [1.54, 1.807) is 18.2 Å². The largest absolute Gasteiger partial charge is 0.486 e. The molecule has 2 aliphatic heterocycles. The summed E-state index contributed by atoms with van der Waals surface area (Å²) in [5.74, 6) is 1.58. The third kappa shape index (κ3) is 4.22. The number of benzene rings is 1. The van der Waals surface area contributed by atoms with Crippen LogP contribution in [0.4, 0.5) is 21.8 Å². The molecule has 8 nitrogen and oxygen atoms in total. The molecule has 1 aromatic carbocycles. The lowest BCUT2D eigenvalue weighted by Crippen LogP contribution is -2.44. The Hall–Kier alpha value is -3.46. The molecular formula is C22H23FN6O2. The van der Waals surface area contributed by atoms with Gasteiger partial charge in [-0.05, 0) is 37.4 Å². The number of hydrogen-bond acceptors (Lipinski definition) is 8. The van der Waals surface area contributed by atoms with Gasteiger partial charge in [0.25, 0.3) is 0 Å². The average Bonchev–Trinajstić information content (AvgIpc) is 2.81. The molecule has 160 valence electrons. The molecule has 4 heterocycles. The van der Waals surface area contributed by atoms with E-state index in [1.807, 2.05) is 18.3 Å². The summed E-state index contributed by atoms with van der Waals surface area (Å²) in [6.45, 7) is 4.99. The van der Waals surface area contributed by atoms with Crippen LogP contribution in [0.3, 0.4) is 0 Å². The van der Waals surface area contributed by atoms with Crippen LogP contribution < -0.4 is 19.7 Å². The molecule has 0 aliphatic carbocycles. The van der Waals surface area contributed by atoms with Crippen molar-refractivity contribution in [1.82, 2.24) is 19.9 Å². The van der Waals surface area contributed by atoms with E-state index >= 15 is 0 Å². The Morgan fingerprint density at radius 2 is 1.74 bits per heavy atom. The first-order valence-corrected chi connectivity index (χ1v) is 10.2. The van der Waals surface area contributed by atoms with Crippen LogP contribution >= 0.6 is 0 Å². The number of rotatable bonds is 4. The van der Waals surface area contributed by atoms with Crippen molar-refractivity contribution in [3.63, 3.8) is 0 Å². The smallest absolute Gasteiger partial charge is 0.229 e. The van der Waals surface area contributed by atoms with Crippen molar-refractivity contribution in [3.05, 3.63) is 48.5 Å². The molecule has 3 aromatic rings. The summed E-state index contributed by atoms with van der Waals surface area (Å²) in [5, 5.41) is 3.06. The summed E-state index contributed by atoms with van der Waals surface area (Å²) in [6.07, 6.45) is 2.99. The molecule has 1 N–H and O–H groups in total. The van der Waals surface area contributed by atoms with E-state index in [9.17, 15) is 4.39 Å². The van der Waals surface area contributed by atoms with Gasteiger partial charge in [0.1, 0.15) is 24.7 Å². The SMILES string of the molecule is CN1CCN(c2ccc(Nc3ncc(F)c(-c4ccc5c(c4)OCCO5)n3)nc2)CC1. The lowest BCUT2D eigenvalue weighted by molar-refractivity contribution is 0.171. The summed E-state index contributed by atoms with van der Waals surface area (Å²) in [4.78, 5) is 17.5. The summed E-state index contributed by atoms with van der Waals surface area (Å²) in [6, 6.07) is 9.14. The van der Waals surface area contributed by atoms with Crippen molar-refractivity contribution in [2.24, 2.45) is 0 Å². The van der Waals surface area contributed by atoms with Crippen molar-refractivity contribution >= 4 is 17.5 Å². The van der Waals surface area contributed by atoms with Crippen LogP contribution in [0.2, 0.25) is 0 Å². The minimum atomic E-state index is -0.513. The molecule has 0 unspecified atom stereocenters. The average molecular weight is 422 g/mol. The van der Waals surface area contributed by atoms with Gasteiger partial charge in [-0.15, -0.1) is 0 Å². The van der Waals surface area contributed by atoms with E-state index in [0.717, 1.165) is 38.1 Å². The molecule has 31 heavy (non-hydrogen) atoms. The number of pyridine rings is 1. The van der Waals surface area contributed by atoms with Crippen LogP contribution in [-0.2, 0) is 0 Å². The van der Waals surface area contributed by atoms with E-state index in [4.69, 9.17) is 9.47 Å². The van der Waals surface area contributed by atoms with Gasteiger partial charge in [-0.1, -0.05) is 0 Å². The van der Waals surface area contributed by atoms with Gasteiger partial charge in [0.2, 0.25) is 5.95 Å². The van der Waals surface area contributed by atoms with E-state index in [1.165, 1.54) is 0 Å². The third-order valence-corrected chi connectivity index (χ3v) is 5.42. The Morgan fingerprint density at radius 3 is 2.52 bits per heavy atom. The maximum Gasteiger partial charge on any atom is 0.229 e. The molecule has 2 aliphatic rings. The van der Waals surface area contributed by atoms with Gasteiger partial charge < -0.3 is 24.6 Å². The number of nitrogens with one attached hydrogen (secondary N) is 1. The molecule has 0 radical (unpaired) electrons. The highest BCUT2D eigenvalue weighted by Crippen LogP contribution is 2.35. The second-order valence-electron chi connectivity index (χ2n) is 7.57. The molecule has 0 atom stereocenters. The third-order valence-electron chi connectivity index (χ3n) is 5.42. The summed E-state index contributed by atoms with van der Waals surface area (Å²) >= 11 is 0. The number of hydrogen-bond donors (Lipinski definition) is 1. The predicted octanol–water partition coefficient (Wildman–Crippen LogP) is 2.94. The molecule has 1 saturated heterocycles. The quantitative estimate of drug-likeness (QED) is 0.688. The first-order chi connectivity index (χ1) is 15.2. The Bertz CT molecular complexity index is 1070. The number of nitrogens with zero attached hydrogens (tertiary/aromatic N) is 5. The maximum absolute atomic E-state index is 14.5. The van der Waals surface area contributed by atoms with Gasteiger partial charge in [-0.25, -0.2) is 19.3 Å². The molecule has 1 fully saturated rings. The predicted molar refractivity (Wildman–Crippen MR) is 116 cm³/mol. The topological polar surface area (TPSA) is 75.6 Å². The minimum Gasteiger partial charge on any atom is -0.486 e. The highest BCUT2D eigenvalue weighted by atomic mass is 19.1. The Labute approximate surface area is 179 Å². The van der Waals surface area contributed by atoms with E-state index in [2.05, 4.69) is 37.1 Å². The summed E-state index contributed by atoms with van der Waals surface area (Å²) < 4.78 is 25.6. The monoisotopic (exact) mass is 422 g/mol. The fourth-order valence-electron chi connectivity index (χ4n) is 3.65. The minimum absolute atomic E-state index is 0.184. The molecule has 0 spiro atoms. The van der Waals surface area contributed by atoms with Crippen molar-refractivity contribution in [2.75, 3.05) is 56.7 Å². The van der Waals surface area contributed by atoms with Gasteiger partial charge in [0.15, 0.2) is 17.3 Å². The van der Waals surface area contributed by atoms with Crippen LogP contribution in [0.5, 0.6) is 11.5 Å². The highest BCUT2D eigenvalue weighted by Gasteiger charge is 2.17. The van der Waals surface area contributed by atoms with Crippen LogP contribution in [0.25, 0.3) is 11.3 Å². The van der Waals surface area contributed by atoms with Crippen molar-refractivity contribution < 1.29 is 13.9 Å². The lowest BCUT2D eigenvalue weighted by atomic mass is 10.1. The molecule has 2 aromatic heterocycles. The van der Waals surface area contributed by atoms with Gasteiger partial charge in [0.05, 0.1) is 18.1 Å². The zero-order valence-corrected chi connectivity index (χ0v) is 17.2. The van der Waals surface area contributed by atoms with E-state index < -0.39 is 5.82 Å². The van der Waals surface area contributed by atoms with Crippen LogP contribution in [0, 0.1) is 5.82 Å². The van der Waals surface area contributed by atoms with Crippen molar-refractivity contribution in [1.29, 1.82) is 0 Å². The second kappa shape index (κ2) is 8.35. The number of aromatic nitrogens is 3. The summed E-state index contributed by atoms with van der Waals surface area (Å²) in [7, 11) is 2.13. The van der Waals surface area contributed by atoms with Gasteiger partial charge in [0, 0.05) is 31.7 Å². The van der Waals surface area contributed by atoms with Crippen LogP contribution in [0.15, 0.2) is 42.7 Å². The van der Waals surface area contributed by atoms with Gasteiger partial charge in [-0.3, -0.25) is 0 Å².